The van der Waals surface area contributed by atoms with E-state index in [2.05, 4.69) is 12.2 Å². The van der Waals surface area contributed by atoms with Crippen LogP contribution in [0.25, 0.3) is 0 Å². The summed E-state index contributed by atoms with van der Waals surface area (Å²) in [5, 5.41) is 3.42. The van der Waals surface area contributed by atoms with Crippen LogP contribution < -0.4 is 5.32 Å². The van der Waals surface area contributed by atoms with Gasteiger partial charge in [-0.15, -0.1) is 0 Å². The van der Waals surface area contributed by atoms with Crippen LogP contribution in [-0.2, 0) is 0 Å². The summed E-state index contributed by atoms with van der Waals surface area (Å²) in [5.74, 6) is 0.965. The van der Waals surface area contributed by atoms with E-state index in [0.29, 0.717) is 5.54 Å². The van der Waals surface area contributed by atoms with Crippen molar-refractivity contribution in [2.45, 2.75) is 24.8 Å². The number of nitrogens with one attached hydrogen (secondary N) is 1. The predicted octanol–water partition coefficient (Wildman–Crippen LogP) is 0.963. The van der Waals surface area contributed by atoms with Crippen molar-refractivity contribution in [2.75, 3.05) is 6.54 Å². The van der Waals surface area contributed by atoms with E-state index in [9.17, 15) is 0 Å². The van der Waals surface area contributed by atoms with Gasteiger partial charge in [0.2, 0.25) is 0 Å². The highest BCUT2D eigenvalue weighted by Crippen LogP contribution is 2.38. The minimum atomic E-state index is 0.310. The molecule has 1 radical (unpaired) electrons. The number of fused-ring (bicyclic) bond motifs is 2. The zero-order valence-electron chi connectivity index (χ0n) is 5.11. The Balaban J connectivity index is 2.19. The Morgan fingerprint density at radius 3 is 2.62 bits per heavy atom. The average molecular weight is 110 g/mol. The Labute approximate surface area is 50.5 Å². The van der Waals surface area contributed by atoms with Crippen LogP contribution in [-0.4, -0.2) is 12.1 Å². The van der Waals surface area contributed by atoms with Crippen LogP contribution in [0.3, 0.4) is 0 Å². The Kier molecular flexibility index (Phi) is 0.762. The molecule has 2 bridgehead atoms. The van der Waals surface area contributed by atoms with Crippen molar-refractivity contribution in [1.82, 2.24) is 5.32 Å². The van der Waals surface area contributed by atoms with Crippen LogP contribution in [0.4, 0.5) is 0 Å². The number of piperidine rings is 1. The second-order valence-electron chi connectivity index (χ2n) is 3.27. The average Bonchev–Trinajstić information content (AvgIpc) is 2.21. The first-order valence-electron chi connectivity index (χ1n) is 3.39. The van der Waals surface area contributed by atoms with Crippen molar-refractivity contribution in [3.8, 4) is 0 Å². The van der Waals surface area contributed by atoms with Gasteiger partial charge in [0, 0.05) is 5.54 Å². The molecule has 2 aliphatic rings. The van der Waals surface area contributed by atoms with Gasteiger partial charge >= 0.3 is 0 Å². The molecular weight excluding hydrogens is 98.1 g/mol. The largest absolute Gasteiger partial charge is 0.311 e. The molecule has 2 rings (SSSR count). The smallest absolute Gasteiger partial charge is 0.0185 e. The Morgan fingerprint density at radius 1 is 1.62 bits per heavy atom. The van der Waals surface area contributed by atoms with Crippen LogP contribution in [0.2, 0.25) is 0 Å². The maximum absolute atomic E-state index is 4.12. The molecule has 1 heterocycles. The fraction of sp³-hybridized carbons (Fsp3) is 0.857. The highest BCUT2D eigenvalue weighted by Gasteiger charge is 2.40. The lowest BCUT2D eigenvalue weighted by atomic mass is 10.0. The quantitative estimate of drug-likeness (QED) is 0.490. The number of hydrogen-bond acceptors (Lipinski definition) is 1. The fourth-order valence-electron chi connectivity index (χ4n) is 1.93. The third-order valence-electron chi connectivity index (χ3n) is 2.48. The van der Waals surface area contributed by atoms with Gasteiger partial charge in [0.25, 0.3) is 0 Å². The summed E-state index contributed by atoms with van der Waals surface area (Å²) in [5.41, 5.74) is 0.310. The second kappa shape index (κ2) is 1.27. The predicted molar refractivity (Wildman–Crippen MR) is 33.4 cm³/mol. The lowest BCUT2D eigenvalue weighted by Crippen LogP contribution is -2.36. The fourth-order valence-corrected chi connectivity index (χ4v) is 1.93. The monoisotopic (exact) mass is 110 g/mol. The van der Waals surface area contributed by atoms with Crippen molar-refractivity contribution >= 4 is 0 Å². The van der Waals surface area contributed by atoms with Crippen LogP contribution >= 0.6 is 0 Å². The van der Waals surface area contributed by atoms with Crippen molar-refractivity contribution in [2.24, 2.45) is 5.92 Å². The van der Waals surface area contributed by atoms with Gasteiger partial charge in [-0.1, -0.05) is 0 Å². The summed E-state index contributed by atoms with van der Waals surface area (Å²) in [6, 6.07) is 0. The Morgan fingerprint density at radius 2 is 2.50 bits per heavy atom. The van der Waals surface area contributed by atoms with E-state index in [1.807, 2.05) is 0 Å². The van der Waals surface area contributed by atoms with Gasteiger partial charge in [0.05, 0.1) is 0 Å². The Hall–Kier alpha value is -0.0400. The zero-order valence-corrected chi connectivity index (χ0v) is 5.11. The summed E-state index contributed by atoms with van der Waals surface area (Å²) in [4.78, 5) is 0. The molecule has 1 aliphatic carbocycles. The van der Waals surface area contributed by atoms with Gasteiger partial charge in [-0.2, -0.15) is 0 Å². The lowest BCUT2D eigenvalue weighted by molar-refractivity contribution is 0.432. The van der Waals surface area contributed by atoms with Crippen LogP contribution in [0.5, 0.6) is 0 Å². The highest BCUT2D eigenvalue weighted by atomic mass is 15.0. The SMILES string of the molecule is [CH2]C12CCC(CN1)C2. The van der Waals surface area contributed by atoms with Gasteiger partial charge in [0.15, 0.2) is 0 Å². The molecule has 1 N–H and O–H groups in total. The molecule has 0 spiro atoms. The first-order chi connectivity index (χ1) is 3.79. The molecule has 1 saturated carbocycles. The summed E-state index contributed by atoms with van der Waals surface area (Å²) in [6.07, 6.45) is 4.04. The van der Waals surface area contributed by atoms with Crippen LogP contribution in [0, 0.1) is 12.8 Å². The molecule has 8 heavy (non-hydrogen) atoms. The zero-order chi connectivity index (χ0) is 5.61. The van der Waals surface area contributed by atoms with E-state index in [1.54, 1.807) is 0 Å². The molecule has 45 valence electrons. The summed E-state index contributed by atoms with van der Waals surface area (Å²) in [6.45, 7) is 5.34. The third-order valence-corrected chi connectivity index (χ3v) is 2.48. The first kappa shape index (κ1) is 4.80. The number of rotatable bonds is 0. The standard InChI is InChI=1S/C7H12N/c1-7-3-2-6(4-7)5-8-7/h6,8H,1-5H2. The normalized spacial score (nSPS) is 52.9. The van der Waals surface area contributed by atoms with Crippen molar-refractivity contribution in [1.29, 1.82) is 0 Å². The van der Waals surface area contributed by atoms with Crippen molar-refractivity contribution < 1.29 is 0 Å². The van der Waals surface area contributed by atoms with E-state index < -0.39 is 0 Å². The van der Waals surface area contributed by atoms with Crippen molar-refractivity contribution in [3.05, 3.63) is 6.92 Å². The molecule has 1 nitrogen and oxygen atoms in total. The highest BCUT2D eigenvalue weighted by molar-refractivity contribution is 5.04. The molecule has 0 aromatic rings. The minimum absolute atomic E-state index is 0.310. The summed E-state index contributed by atoms with van der Waals surface area (Å²) < 4.78 is 0. The maximum atomic E-state index is 4.12. The molecule has 2 fully saturated rings. The first-order valence-corrected chi connectivity index (χ1v) is 3.39. The molecule has 1 saturated heterocycles. The van der Waals surface area contributed by atoms with Crippen molar-refractivity contribution in [3.63, 3.8) is 0 Å². The maximum Gasteiger partial charge on any atom is 0.0185 e. The molecule has 0 aromatic heterocycles. The van der Waals surface area contributed by atoms with Gasteiger partial charge in [-0.25, -0.2) is 0 Å². The molecule has 0 aromatic carbocycles. The van der Waals surface area contributed by atoms with E-state index in [-0.39, 0.29) is 0 Å². The minimum Gasteiger partial charge on any atom is -0.311 e. The van der Waals surface area contributed by atoms with E-state index in [4.69, 9.17) is 0 Å². The molecule has 1 aliphatic heterocycles. The molecule has 2 unspecified atom stereocenters. The molecule has 0 amide bonds. The topological polar surface area (TPSA) is 12.0 Å². The molecular formula is C7H12N. The third kappa shape index (κ3) is 0.510. The van der Waals surface area contributed by atoms with Gasteiger partial charge in [-0.3, -0.25) is 0 Å². The number of hydrogen-bond donors (Lipinski definition) is 1. The summed E-state index contributed by atoms with van der Waals surface area (Å²) in [7, 11) is 0. The van der Waals surface area contributed by atoms with E-state index in [1.165, 1.54) is 25.8 Å². The van der Waals surface area contributed by atoms with Gasteiger partial charge in [0.1, 0.15) is 0 Å². The second-order valence-corrected chi connectivity index (χ2v) is 3.27. The lowest BCUT2D eigenvalue weighted by Gasteiger charge is -2.21. The molecule has 1 heteroatoms. The Bertz CT molecular complexity index is 101. The van der Waals surface area contributed by atoms with E-state index in [0.717, 1.165) is 5.92 Å². The van der Waals surface area contributed by atoms with Crippen LogP contribution in [0.1, 0.15) is 19.3 Å². The van der Waals surface area contributed by atoms with Crippen LogP contribution in [0.15, 0.2) is 0 Å². The van der Waals surface area contributed by atoms with Gasteiger partial charge in [-0.05, 0) is 38.6 Å². The van der Waals surface area contributed by atoms with Gasteiger partial charge < -0.3 is 5.32 Å². The molecule has 2 atom stereocenters. The summed E-state index contributed by atoms with van der Waals surface area (Å²) >= 11 is 0. The van der Waals surface area contributed by atoms with E-state index >= 15 is 0 Å².